The number of carbonyl (C=O) groups is 2. The second kappa shape index (κ2) is 6.47. The molecular formula is C14H18FNO4. The maximum Gasteiger partial charge on any atom is 0.337 e. The number of hydrogen-bond donors (Lipinski definition) is 3. The van der Waals surface area contributed by atoms with Gasteiger partial charge in [-0.3, -0.25) is 4.79 Å². The summed E-state index contributed by atoms with van der Waals surface area (Å²) in [4.78, 5) is 22.3. The normalized spacial score (nSPS) is 15.2. The molecule has 1 amide bonds. The van der Waals surface area contributed by atoms with Crippen LogP contribution in [0.4, 0.5) is 4.39 Å². The van der Waals surface area contributed by atoms with Crippen molar-refractivity contribution in [1.82, 2.24) is 5.32 Å². The third kappa shape index (κ3) is 4.62. The van der Waals surface area contributed by atoms with E-state index in [1.54, 1.807) is 19.1 Å². The SMILES string of the molecule is CC(CC(=O)NCC(C)(O)C(=O)O)c1cccc(F)c1. The number of nitrogens with one attached hydrogen (secondary N) is 1. The van der Waals surface area contributed by atoms with Gasteiger partial charge in [-0.25, -0.2) is 9.18 Å². The second-order valence-electron chi connectivity index (χ2n) is 5.02. The molecule has 0 aliphatic rings. The van der Waals surface area contributed by atoms with Crippen LogP contribution in [0.3, 0.4) is 0 Å². The van der Waals surface area contributed by atoms with Crippen LogP contribution < -0.4 is 5.32 Å². The van der Waals surface area contributed by atoms with Gasteiger partial charge in [0.15, 0.2) is 5.60 Å². The van der Waals surface area contributed by atoms with E-state index in [9.17, 15) is 19.1 Å². The molecule has 6 heteroatoms. The van der Waals surface area contributed by atoms with Gasteiger partial charge < -0.3 is 15.5 Å². The lowest BCUT2D eigenvalue weighted by atomic mass is 9.97. The fraction of sp³-hybridized carbons (Fsp3) is 0.429. The molecule has 3 N–H and O–H groups in total. The molecule has 0 bridgehead atoms. The summed E-state index contributed by atoms with van der Waals surface area (Å²) in [6.45, 7) is 2.49. The Morgan fingerprint density at radius 2 is 2.10 bits per heavy atom. The third-order valence-corrected chi connectivity index (χ3v) is 3.00. The molecular weight excluding hydrogens is 265 g/mol. The van der Waals surface area contributed by atoms with Gasteiger partial charge in [-0.1, -0.05) is 19.1 Å². The molecule has 0 saturated heterocycles. The number of aliphatic hydroxyl groups is 1. The summed E-state index contributed by atoms with van der Waals surface area (Å²) >= 11 is 0. The van der Waals surface area contributed by atoms with Gasteiger partial charge in [0.05, 0.1) is 6.54 Å². The van der Waals surface area contributed by atoms with Gasteiger partial charge in [0.2, 0.25) is 5.91 Å². The van der Waals surface area contributed by atoms with Gasteiger partial charge in [-0.2, -0.15) is 0 Å². The average Bonchev–Trinajstić information content (AvgIpc) is 2.36. The summed E-state index contributed by atoms with van der Waals surface area (Å²) in [5.74, 6) is -2.39. The number of aliphatic carboxylic acids is 1. The van der Waals surface area contributed by atoms with Crippen LogP contribution in [0, 0.1) is 5.82 Å². The standard InChI is InChI=1S/C14H18FNO4/c1-9(10-4-3-5-11(15)7-10)6-12(17)16-8-14(2,20)13(18)19/h3-5,7,9,20H,6,8H2,1-2H3,(H,16,17)(H,18,19). The lowest BCUT2D eigenvalue weighted by molar-refractivity contribution is -0.156. The number of carboxylic acids is 1. The molecule has 0 heterocycles. The number of rotatable bonds is 6. The molecule has 0 spiro atoms. The molecule has 0 saturated carbocycles. The molecule has 0 aliphatic carbocycles. The highest BCUT2D eigenvalue weighted by molar-refractivity contribution is 5.80. The highest BCUT2D eigenvalue weighted by atomic mass is 19.1. The zero-order valence-corrected chi connectivity index (χ0v) is 11.4. The van der Waals surface area contributed by atoms with Crippen molar-refractivity contribution in [1.29, 1.82) is 0 Å². The molecule has 1 aromatic rings. The van der Waals surface area contributed by atoms with Gasteiger partial charge in [0, 0.05) is 6.42 Å². The molecule has 5 nitrogen and oxygen atoms in total. The maximum absolute atomic E-state index is 13.1. The Labute approximate surface area is 116 Å². The lowest BCUT2D eigenvalue weighted by Crippen LogP contribution is -2.46. The molecule has 2 atom stereocenters. The van der Waals surface area contributed by atoms with Gasteiger partial charge in [0.1, 0.15) is 5.82 Å². The average molecular weight is 283 g/mol. The Bertz CT molecular complexity index is 502. The van der Waals surface area contributed by atoms with E-state index in [0.717, 1.165) is 6.92 Å². The summed E-state index contributed by atoms with van der Waals surface area (Å²) < 4.78 is 13.1. The molecule has 2 unspecified atom stereocenters. The van der Waals surface area contributed by atoms with Crippen molar-refractivity contribution in [3.05, 3.63) is 35.6 Å². The molecule has 20 heavy (non-hydrogen) atoms. The Kier molecular flexibility index (Phi) is 5.21. The Morgan fingerprint density at radius 1 is 1.45 bits per heavy atom. The van der Waals surface area contributed by atoms with Crippen LogP contribution in [0.25, 0.3) is 0 Å². The Balaban J connectivity index is 2.52. The van der Waals surface area contributed by atoms with E-state index in [1.807, 2.05) is 0 Å². The minimum atomic E-state index is -2.00. The van der Waals surface area contributed by atoms with E-state index in [-0.39, 0.29) is 24.7 Å². The minimum Gasteiger partial charge on any atom is -0.479 e. The Hall–Kier alpha value is -1.95. The van der Waals surface area contributed by atoms with Crippen molar-refractivity contribution in [2.45, 2.75) is 31.8 Å². The first-order valence-corrected chi connectivity index (χ1v) is 6.20. The Morgan fingerprint density at radius 3 is 2.65 bits per heavy atom. The van der Waals surface area contributed by atoms with E-state index in [1.165, 1.54) is 12.1 Å². The number of amides is 1. The number of carboxylic acid groups (broad SMARTS) is 1. The first-order valence-electron chi connectivity index (χ1n) is 6.20. The quantitative estimate of drug-likeness (QED) is 0.734. The smallest absolute Gasteiger partial charge is 0.337 e. The highest BCUT2D eigenvalue weighted by Gasteiger charge is 2.30. The van der Waals surface area contributed by atoms with Crippen LogP contribution in [0.5, 0.6) is 0 Å². The summed E-state index contributed by atoms with van der Waals surface area (Å²) in [6.07, 6.45) is 0.0825. The zero-order valence-electron chi connectivity index (χ0n) is 11.4. The topological polar surface area (TPSA) is 86.6 Å². The highest BCUT2D eigenvalue weighted by Crippen LogP contribution is 2.19. The van der Waals surface area contributed by atoms with Crippen LogP contribution in [0.1, 0.15) is 31.7 Å². The molecule has 1 rings (SSSR count). The molecule has 0 fully saturated rings. The first-order chi connectivity index (χ1) is 9.22. The van der Waals surface area contributed by atoms with Gasteiger partial charge in [-0.15, -0.1) is 0 Å². The van der Waals surface area contributed by atoms with E-state index in [0.29, 0.717) is 5.56 Å². The van der Waals surface area contributed by atoms with Crippen LogP contribution in [0.2, 0.25) is 0 Å². The second-order valence-corrected chi connectivity index (χ2v) is 5.02. The van der Waals surface area contributed by atoms with Crippen LogP contribution in [-0.4, -0.2) is 34.2 Å². The van der Waals surface area contributed by atoms with Crippen molar-refractivity contribution < 1.29 is 24.2 Å². The van der Waals surface area contributed by atoms with E-state index < -0.39 is 17.5 Å². The summed E-state index contributed by atoms with van der Waals surface area (Å²) in [6, 6.07) is 5.95. The molecule has 0 aromatic heterocycles. The van der Waals surface area contributed by atoms with Crippen molar-refractivity contribution in [2.24, 2.45) is 0 Å². The predicted octanol–water partition coefficient (Wildman–Crippen LogP) is 1.27. The zero-order chi connectivity index (χ0) is 15.3. The van der Waals surface area contributed by atoms with Crippen molar-refractivity contribution in [2.75, 3.05) is 6.54 Å². The largest absolute Gasteiger partial charge is 0.479 e. The number of carbonyl (C=O) groups excluding carboxylic acids is 1. The van der Waals surface area contributed by atoms with E-state index in [2.05, 4.69) is 5.32 Å². The molecule has 110 valence electrons. The molecule has 1 aromatic carbocycles. The fourth-order valence-electron chi connectivity index (χ4n) is 1.63. The monoisotopic (exact) mass is 283 g/mol. The summed E-state index contributed by atoms with van der Waals surface area (Å²) in [5, 5.41) is 20.5. The summed E-state index contributed by atoms with van der Waals surface area (Å²) in [5.41, 5.74) is -1.32. The van der Waals surface area contributed by atoms with Gasteiger partial charge in [0.25, 0.3) is 0 Å². The maximum atomic E-state index is 13.1. The van der Waals surface area contributed by atoms with Gasteiger partial charge in [-0.05, 0) is 30.5 Å². The van der Waals surface area contributed by atoms with E-state index >= 15 is 0 Å². The number of halogens is 1. The van der Waals surface area contributed by atoms with Crippen molar-refractivity contribution in [3.8, 4) is 0 Å². The summed E-state index contributed by atoms with van der Waals surface area (Å²) in [7, 11) is 0. The van der Waals surface area contributed by atoms with Gasteiger partial charge >= 0.3 is 5.97 Å². The lowest BCUT2D eigenvalue weighted by Gasteiger charge is -2.19. The third-order valence-electron chi connectivity index (χ3n) is 3.00. The molecule has 0 aliphatic heterocycles. The van der Waals surface area contributed by atoms with Crippen molar-refractivity contribution in [3.63, 3.8) is 0 Å². The molecule has 0 radical (unpaired) electrons. The number of benzene rings is 1. The predicted molar refractivity (Wildman–Crippen MR) is 70.7 cm³/mol. The van der Waals surface area contributed by atoms with Crippen LogP contribution in [-0.2, 0) is 9.59 Å². The van der Waals surface area contributed by atoms with Crippen LogP contribution >= 0.6 is 0 Å². The number of hydrogen-bond acceptors (Lipinski definition) is 3. The van der Waals surface area contributed by atoms with Crippen LogP contribution in [0.15, 0.2) is 24.3 Å². The van der Waals surface area contributed by atoms with Crippen molar-refractivity contribution >= 4 is 11.9 Å². The first kappa shape index (κ1) is 16.1. The minimum absolute atomic E-state index is 0.0825. The van der Waals surface area contributed by atoms with E-state index in [4.69, 9.17) is 5.11 Å². The fourth-order valence-corrected chi connectivity index (χ4v) is 1.63.